The number of nitrogens with one attached hydrogen (secondary N) is 1. The topological polar surface area (TPSA) is 79.2 Å². The number of halogens is 1. The van der Waals surface area contributed by atoms with Crippen LogP contribution in [0.4, 0.5) is 10.1 Å². The normalized spacial score (nSPS) is 11.3. The van der Waals surface area contributed by atoms with Gasteiger partial charge in [-0.25, -0.2) is 4.39 Å². The Morgan fingerprint density at radius 1 is 1.27 bits per heavy atom. The zero-order valence-electron chi connectivity index (χ0n) is 14.1. The molecule has 0 aromatic heterocycles. The molecule has 1 amide bonds. The predicted octanol–water partition coefficient (Wildman–Crippen LogP) is 3.75. The van der Waals surface area contributed by atoms with E-state index in [9.17, 15) is 14.0 Å². The highest BCUT2D eigenvalue weighted by molar-refractivity contribution is 7.99. The first-order valence-electron chi connectivity index (χ1n) is 7.87. The summed E-state index contributed by atoms with van der Waals surface area (Å²) in [7, 11) is 0. The molecule has 0 saturated carbocycles. The first-order valence-corrected chi connectivity index (χ1v) is 8.85. The molecule has 2 rings (SSSR count). The lowest BCUT2D eigenvalue weighted by Gasteiger charge is -2.13. The minimum atomic E-state index is -0.955. The van der Waals surface area contributed by atoms with E-state index < -0.39 is 18.0 Å². The predicted molar refractivity (Wildman–Crippen MR) is 97.1 cm³/mol. The van der Waals surface area contributed by atoms with Crippen molar-refractivity contribution in [2.75, 3.05) is 11.1 Å². The molecule has 0 radical (unpaired) electrons. The van der Waals surface area contributed by atoms with Crippen LogP contribution in [0.1, 0.15) is 18.9 Å². The van der Waals surface area contributed by atoms with Crippen LogP contribution in [-0.2, 0) is 14.3 Å². The van der Waals surface area contributed by atoms with E-state index in [1.54, 1.807) is 30.3 Å². The van der Waals surface area contributed by atoms with Crippen molar-refractivity contribution in [1.82, 2.24) is 0 Å². The van der Waals surface area contributed by atoms with Gasteiger partial charge in [0.1, 0.15) is 5.82 Å². The zero-order valence-corrected chi connectivity index (χ0v) is 14.9. The molecule has 134 valence electrons. The van der Waals surface area contributed by atoms with Gasteiger partial charge in [-0.05, 0) is 49.4 Å². The second-order valence-corrected chi connectivity index (χ2v) is 6.53. The second kappa shape index (κ2) is 9.59. The van der Waals surface area contributed by atoms with Gasteiger partial charge in [-0.3, -0.25) is 9.59 Å². The molecule has 1 N–H and O–H groups in total. The minimum Gasteiger partial charge on any atom is -0.453 e. The maximum absolute atomic E-state index is 12.8. The van der Waals surface area contributed by atoms with Gasteiger partial charge in [0.15, 0.2) is 6.10 Å². The van der Waals surface area contributed by atoms with Crippen molar-refractivity contribution >= 4 is 29.3 Å². The number of ether oxygens (including phenoxy) is 1. The highest BCUT2D eigenvalue weighted by Gasteiger charge is 2.18. The molecular weight excluding hydrogens is 355 g/mol. The van der Waals surface area contributed by atoms with Crippen molar-refractivity contribution in [2.24, 2.45) is 0 Å². The number of anilines is 1. The van der Waals surface area contributed by atoms with Crippen molar-refractivity contribution in [1.29, 1.82) is 5.26 Å². The number of hydrogen-bond acceptors (Lipinski definition) is 5. The molecule has 0 aliphatic rings. The maximum Gasteiger partial charge on any atom is 0.307 e. The Morgan fingerprint density at radius 2 is 2.00 bits per heavy atom. The second-order valence-electron chi connectivity index (χ2n) is 5.37. The Labute approximate surface area is 155 Å². The Kier molecular flexibility index (Phi) is 7.18. The van der Waals surface area contributed by atoms with Crippen LogP contribution in [0.2, 0.25) is 0 Å². The number of carbonyl (C=O) groups is 2. The van der Waals surface area contributed by atoms with Gasteiger partial charge in [0, 0.05) is 16.3 Å². The van der Waals surface area contributed by atoms with Gasteiger partial charge in [0.2, 0.25) is 0 Å². The molecular formula is C19H17FN2O3S. The lowest BCUT2D eigenvalue weighted by molar-refractivity contribution is -0.152. The molecule has 0 spiro atoms. The first kappa shape index (κ1) is 19.5. The number of amides is 1. The number of carbonyl (C=O) groups excluding carboxylic acids is 2. The molecule has 0 saturated heterocycles. The standard InChI is InChI=1S/C19H17FN2O3S/c1-13(19(24)22-16-4-2-3-14(11-16)12-21)25-18(23)9-10-26-17-7-5-15(20)6-8-17/h2-8,11,13H,9-10H2,1H3,(H,22,24)/t13-/m0/s1. The lowest BCUT2D eigenvalue weighted by atomic mass is 10.2. The van der Waals surface area contributed by atoms with E-state index in [1.165, 1.54) is 36.9 Å². The van der Waals surface area contributed by atoms with Crippen LogP contribution in [0.3, 0.4) is 0 Å². The molecule has 26 heavy (non-hydrogen) atoms. The average molecular weight is 372 g/mol. The van der Waals surface area contributed by atoms with E-state index in [4.69, 9.17) is 10.00 Å². The molecule has 0 aliphatic carbocycles. The monoisotopic (exact) mass is 372 g/mol. The summed E-state index contributed by atoms with van der Waals surface area (Å²) in [5.41, 5.74) is 0.883. The molecule has 0 aliphatic heterocycles. The molecule has 0 bridgehead atoms. The summed E-state index contributed by atoms with van der Waals surface area (Å²) in [6, 6.07) is 14.4. The van der Waals surface area contributed by atoms with Gasteiger partial charge in [0.25, 0.3) is 5.91 Å². The van der Waals surface area contributed by atoms with Crippen LogP contribution in [0.15, 0.2) is 53.4 Å². The van der Waals surface area contributed by atoms with Crippen LogP contribution in [0, 0.1) is 17.1 Å². The third-order valence-electron chi connectivity index (χ3n) is 3.33. The summed E-state index contributed by atoms with van der Waals surface area (Å²) >= 11 is 1.40. The van der Waals surface area contributed by atoms with Gasteiger partial charge in [-0.1, -0.05) is 6.07 Å². The highest BCUT2D eigenvalue weighted by atomic mass is 32.2. The molecule has 7 heteroatoms. The van der Waals surface area contributed by atoms with Crippen LogP contribution in [-0.4, -0.2) is 23.7 Å². The van der Waals surface area contributed by atoms with Crippen LogP contribution in [0.5, 0.6) is 0 Å². The van der Waals surface area contributed by atoms with Crippen molar-refractivity contribution < 1.29 is 18.7 Å². The molecule has 0 fully saturated rings. The summed E-state index contributed by atoms with van der Waals surface area (Å²) < 4.78 is 17.9. The number of nitriles is 1. The third kappa shape index (κ3) is 6.22. The minimum absolute atomic E-state index is 0.129. The van der Waals surface area contributed by atoms with Gasteiger partial charge >= 0.3 is 5.97 Å². The van der Waals surface area contributed by atoms with E-state index in [0.29, 0.717) is 17.0 Å². The first-order chi connectivity index (χ1) is 12.5. The number of thioether (sulfide) groups is 1. The summed E-state index contributed by atoms with van der Waals surface area (Å²) in [6.45, 7) is 1.48. The summed E-state index contributed by atoms with van der Waals surface area (Å²) in [4.78, 5) is 24.7. The smallest absolute Gasteiger partial charge is 0.307 e. The lowest BCUT2D eigenvalue weighted by Crippen LogP contribution is -2.30. The molecule has 0 heterocycles. The van der Waals surface area contributed by atoms with E-state index in [0.717, 1.165) is 4.90 Å². The van der Waals surface area contributed by atoms with E-state index in [-0.39, 0.29) is 12.2 Å². The van der Waals surface area contributed by atoms with Gasteiger partial charge < -0.3 is 10.1 Å². The number of esters is 1. The zero-order chi connectivity index (χ0) is 18.9. The van der Waals surface area contributed by atoms with Crippen molar-refractivity contribution in [3.05, 3.63) is 59.9 Å². The molecule has 2 aromatic rings. The van der Waals surface area contributed by atoms with Crippen LogP contribution in [0.25, 0.3) is 0 Å². The van der Waals surface area contributed by atoms with Crippen LogP contribution >= 0.6 is 11.8 Å². The Morgan fingerprint density at radius 3 is 2.69 bits per heavy atom. The van der Waals surface area contributed by atoms with Crippen molar-refractivity contribution in [2.45, 2.75) is 24.3 Å². The summed E-state index contributed by atoms with van der Waals surface area (Å²) in [6.07, 6.45) is -0.826. The molecule has 0 unspecified atom stereocenters. The summed E-state index contributed by atoms with van der Waals surface area (Å²) in [5.74, 6) is -0.815. The molecule has 5 nitrogen and oxygen atoms in total. The largest absolute Gasteiger partial charge is 0.453 e. The number of hydrogen-bond donors (Lipinski definition) is 1. The highest BCUT2D eigenvalue weighted by Crippen LogP contribution is 2.19. The maximum atomic E-state index is 12.8. The van der Waals surface area contributed by atoms with Crippen molar-refractivity contribution in [3.63, 3.8) is 0 Å². The molecule has 2 aromatic carbocycles. The number of benzene rings is 2. The Balaban J connectivity index is 1.75. The quantitative estimate of drug-likeness (QED) is 0.591. The third-order valence-corrected chi connectivity index (χ3v) is 4.34. The SMILES string of the molecule is C[C@H](OC(=O)CCSc1ccc(F)cc1)C(=O)Nc1cccc(C#N)c1. The van der Waals surface area contributed by atoms with Crippen molar-refractivity contribution in [3.8, 4) is 6.07 Å². The van der Waals surface area contributed by atoms with Gasteiger partial charge in [-0.15, -0.1) is 11.8 Å². The van der Waals surface area contributed by atoms with E-state index in [1.807, 2.05) is 6.07 Å². The average Bonchev–Trinajstić information content (AvgIpc) is 2.63. The number of nitrogens with zero attached hydrogens (tertiary/aromatic N) is 1. The number of rotatable bonds is 7. The van der Waals surface area contributed by atoms with Gasteiger partial charge in [0.05, 0.1) is 18.1 Å². The Bertz CT molecular complexity index is 818. The Hall–Kier alpha value is -2.85. The van der Waals surface area contributed by atoms with Gasteiger partial charge in [-0.2, -0.15) is 5.26 Å². The van der Waals surface area contributed by atoms with E-state index >= 15 is 0 Å². The molecule has 1 atom stereocenters. The van der Waals surface area contributed by atoms with Crippen LogP contribution < -0.4 is 5.32 Å². The van der Waals surface area contributed by atoms with E-state index in [2.05, 4.69) is 5.32 Å². The fourth-order valence-corrected chi connectivity index (χ4v) is 2.84. The summed E-state index contributed by atoms with van der Waals surface area (Å²) in [5, 5.41) is 11.5. The fourth-order valence-electron chi connectivity index (χ4n) is 2.00. The fraction of sp³-hybridized carbons (Fsp3) is 0.211.